The van der Waals surface area contributed by atoms with Crippen LogP contribution in [0.25, 0.3) is 17.0 Å². The minimum atomic E-state index is -0.101. The molecular weight excluding hydrogens is 242 g/mol. The van der Waals surface area contributed by atoms with E-state index in [4.69, 9.17) is 11.1 Å². The molecule has 0 spiro atoms. The quantitative estimate of drug-likeness (QED) is 0.519. The number of hydrogen-bond donors (Lipinski definition) is 2. The number of aryl methyl sites for hydroxylation is 1. The second-order valence-corrected chi connectivity index (χ2v) is 4.10. The monoisotopic (exact) mass is 253 g/mol. The molecule has 0 saturated heterocycles. The molecule has 2 aromatic heterocycles. The van der Waals surface area contributed by atoms with Crippen molar-refractivity contribution < 1.29 is 0 Å². The fraction of sp³-hybridized carbons (Fsp3) is 0.0833. The van der Waals surface area contributed by atoms with E-state index in [0.29, 0.717) is 11.6 Å². The summed E-state index contributed by atoms with van der Waals surface area (Å²) in [5.74, 6) is 0.259. The van der Waals surface area contributed by atoms with Gasteiger partial charge in [0.05, 0.1) is 5.52 Å². The molecule has 0 saturated carbocycles. The number of benzene rings is 1. The molecule has 0 amide bonds. The number of rotatable bonds is 2. The predicted octanol–water partition coefficient (Wildman–Crippen LogP) is 0.803. The van der Waals surface area contributed by atoms with Crippen molar-refractivity contribution in [3.8, 4) is 5.95 Å². The molecule has 0 unspecified atom stereocenters. The zero-order valence-corrected chi connectivity index (χ0v) is 10.2. The Kier molecular flexibility index (Phi) is 2.45. The molecule has 0 aliphatic rings. The van der Waals surface area contributed by atoms with Crippen LogP contribution in [0.3, 0.4) is 0 Å². The Morgan fingerprint density at radius 1 is 1.26 bits per heavy atom. The zero-order chi connectivity index (χ0) is 13.4. The third-order valence-electron chi connectivity index (χ3n) is 2.66. The summed E-state index contributed by atoms with van der Waals surface area (Å²) in [7, 11) is 0. The maximum Gasteiger partial charge on any atom is 0.253 e. The summed E-state index contributed by atoms with van der Waals surface area (Å²) in [6.45, 7) is 1.82. The first kappa shape index (κ1) is 11.3. The fourth-order valence-corrected chi connectivity index (χ4v) is 1.80. The van der Waals surface area contributed by atoms with Crippen molar-refractivity contribution in [1.29, 1.82) is 5.41 Å². The fourth-order valence-electron chi connectivity index (χ4n) is 1.80. The van der Waals surface area contributed by atoms with Crippen LogP contribution in [-0.4, -0.2) is 30.8 Å². The lowest BCUT2D eigenvalue weighted by Gasteiger charge is -2.04. The third kappa shape index (κ3) is 1.90. The Hall–Kier alpha value is -2.83. The Bertz CT molecular complexity index is 775. The Morgan fingerprint density at radius 3 is 2.84 bits per heavy atom. The van der Waals surface area contributed by atoms with Gasteiger partial charge in [0.1, 0.15) is 17.0 Å². The van der Waals surface area contributed by atoms with Gasteiger partial charge in [-0.1, -0.05) is 17.3 Å². The van der Waals surface area contributed by atoms with Crippen molar-refractivity contribution in [2.45, 2.75) is 6.92 Å². The van der Waals surface area contributed by atoms with Crippen molar-refractivity contribution in [3.63, 3.8) is 0 Å². The van der Waals surface area contributed by atoms with Crippen LogP contribution in [0.1, 0.15) is 11.4 Å². The maximum atomic E-state index is 7.46. The second-order valence-electron chi connectivity index (χ2n) is 4.10. The van der Waals surface area contributed by atoms with Gasteiger partial charge in [0.2, 0.25) is 0 Å². The van der Waals surface area contributed by atoms with Gasteiger partial charge in [0, 0.05) is 5.69 Å². The van der Waals surface area contributed by atoms with Crippen molar-refractivity contribution >= 4 is 16.9 Å². The first-order valence-corrected chi connectivity index (χ1v) is 5.66. The van der Waals surface area contributed by atoms with Crippen LogP contribution in [0, 0.1) is 12.3 Å². The molecule has 0 aliphatic carbocycles. The SMILES string of the molecule is Cc1cc(C(=N)N)nc(-n2nnc3ccccc32)n1. The van der Waals surface area contributed by atoms with E-state index in [9.17, 15) is 0 Å². The van der Waals surface area contributed by atoms with Gasteiger partial charge in [-0.3, -0.25) is 5.41 Å². The number of hydrogen-bond acceptors (Lipinski definition) is 5. The van der Waals surface area contributed by atoms with Gasteiger partial charge in [-0.15, -0.1) is 5.10 Å². The molecular formula is C12H11N7. The lowest BCUT2D eigenvalue weighted by Crippen LogP contribution is -2.16. The van der Waals surface area contributed by atoms with Crippen LogP contribution in [0.2, 0.25) is 0 Å². The summed E-state index contributed by atoms with van der Waals surface area (Å²) in [6.07, 6.45) is 0. The highest BCUT2D eigenvalue weighted by Gasteiger charge is 2.11. The molecule has 0 aliphatic heterocycles. The Morgan fingerprint density at radius 2 is 2.05 bits per heavy atom. The van der Waals surface area contributed by atoms with Gasteiger partial charge in [-0.05, 0) is 25.1 Å². The predicted molar refractivity (Wildman–Crippen MR) is 70.2 cm³/mol. The number of nitrogen functional groups attached to an aromatic ring is 1. The minimum Gasteiger partial charge on any atom is -0.382 e. The zero-order valence-electron chi connectivity index (χ0n) is 10.2. The number of fused-ring (bicyclic) bond motifs is 1. The van der Waals surface area contributed by atoms with E-state index in [0.717, 1.165) is 16.7 Å². The molecule has 3 rings (SSSR count). The van der Waals surface area contributed by atoms with Crippen molar-refractivity contribution in [2.75, 3.05) is 0 Å². The third-order valence-corrected chi connectivity index (χ3v) is 2.66. The Labute approximate surface area is 108 Å². The summed E-state index contributed by atoms with van der Waals surface area (Å²) in [6, 6.07) is 9.18. The van der Waals surface area contributed by atoms with E-state index in [2.05, 4.69) is 20.3 Å². The molecule has 19 heavy (non-hydrogen) atoms. The normalized spacial score (nSPS) is 10.8. The van der Waals surface area contributed by atoms with Crippen molar-refractivity contribution in [3.05, 3.63) is 41.7 Å². The van der Waals surface area contributed by atoms with Crippen molar-refractivity contribution in [1.82, 2.24) is 25.0 Å². The molecule has 0 bridgehead atoms. The number of nitrogens with one attached hydrogen (secondary N) is 1. The highest BCUT2D eigenvalue weighted by Crippen LogP contribution is 2.13. The minimum absolute atomic E-state index is 0.101. The van der Waals surface area contributed by atoms with E-state index in [1.807, 2.05) is 31.2 Å². The summed E-state index contributed by atoms with van der Waals surface area (Å²) in [5, 5.41) is 15.5. The van der Waals surface area contributed by atoms with Crippen LogP contribution in [-0.2, 0) is 0 Å². The van der Waals surface area contributed by atoms with Crippen LogP contribution in [0.15, 0.2) is 30.3 Å². The summed E-state index contributed by atoms with van der Waals surface area (Å²) in [4.78, 5) is 8.53. The molecule has 0 fully saturated rings. The number of nitrogens with two attached hydrogens (primary N) is 1. The average molecular weight is 253 g/mol. The highest BCUT2D eigenvalue weighted by atomic mass is 15.5. The molecule has 2 heterocycles. The number of nitrogens with zero attached hydrogens (tertiary/aromatic N) is 5. The van der Waals surface area contributed by atoms with E-state index < -0.39 is 0 Å². The molecule has 1 aromatic carbocycles. The lowest BCUT2D eigenvalue weighted by atomic mass is 10.3. The average Bonchev–Trinajstić information content (AvgIpc) is 2.81. The number of para-hydroxylation sites is 1. The standard InChI is InChI=1S/C12H11N7/c1-7-6-9(11(13)14)16-12(15-7)19-10-5-3-2-4-8(10)17-18-19/h2-6H,1H3,(H3,13,14). The summed E-state index contributed by atoms with van der Waals surface area (Å²) < 4.78 is 1.54. The van der Waals surface area contributed by atoms with Gasteiger partial charge in [-0.2, -0.15) is 4.68 Å². The molecule has 7 nitrogen and oxygen atoms in total. The molecule has 0 atom stereocenters. The van der Waals surface area contributed by atoms with E-state index in [1.54, 1.807) is 6.07 Å². The molecule has 7 heteroatoms. The highest BCUT2D eigenvalue weighted by molar-refractivity contribution is 5.93. The van der Waals surface area contributed by atoms with Crippen LogP contribution in [0.4, 0.5) is 0 Å². The largest absolute Gasteiger partial charge is 0.382 e. The number of amidine groups is 1. The second kappa shape index (κ2) is 4.13. The lowest BCUT2D eigenvalue weighted by molar-refractivity contribution is 0.767. The Balaban J connectivity index is 2.24. The van der Waals surface area contributed by atoms with E-state index >= 15 is 0 Å². The summed E-state index contributed by atoms with van der Waals surface area (Å²) in [5.41, 5.74) is 8.13. The number of aromatic nitrogens is 5. The van der Waals surface area contributed by atoms with Gasteiger partial charge in [0.25, 0.3) is 5.95 Å². The van der Waals surface area contributed by atoms with Crippen LogP contribution < -0.4 is 5.73 Å². The van der Waals surface area contributed by atoms with E-state index in [-0.39, 0.29) is 5.84 Å². The summed E-state index contributed by atoms with van der Waals surface area (Å²) >= 11 is 0. The molecule has 94 valence electrons. The maximum absolute atomic E-state index is 7.46. The first-order chi connectivity index (χ1) is 9.15. The van der Waals surface area contributed by atoms with Crippen LogP contribution in [0.5, 0.6) is 0 Å². The first-order valence-electron chi connectivity index (χ1n) is 5.66. The van der Waals surface area contributed by atoms with Gasteiger partial charge >= 0.3 is 0 Å². The van der Waals surface area contributed by atoms with E-state index in [1.165, 1.54) is 4.68 Å². The smallest absolute Gasteiger partial charge is 0.253 e. The van der Waals surface area contributed by atoms with Gasteiger partial charge in [-0.25, -0.2) is 9.97 Å². The van der Waals surface area contributed by atoms with Crippen LogP contribution >= 0.6 is 0 Å². The van der Waals surface area contributed by atoms with Gasteiger partial charge < -0.3 is 5.73 Å². The molecule has 0 radical (unpaired) electrons. The topological polar surface area (TPSA) is 106 Å². The molecule has 3 aromatic rings. The molecule has 3 N–H and O–H groups in total. The van der Waals surface area contributed by atoms with Gasteiger partial charge in [0.15, 0.2) is 0 Å². The van der Waals surface area contributed by atoms with Crippen molar-refractivity contribution in [2.24, 2.45) is 5.73 Å².